The second kappa shape index (κ2) is 7.60. The van der Waals surface area contributed by atoms with Crippen LogP contribution in [0.25, 0.3) is 0 Å². The molecule has 8 atom stereocenters. The van der Waals surface area contributed by atoms with Gasteiger partial charge in [0.05, 0.1) is 5.71 Å². The lowest BCUT2D eigenvalue weighted by atomic mass is 9.44. The van der Waals surface area contributed by atoms with E-state index in [4.69, 9.17) is 4.84 Å². The number of nitrogens with zero attached hydrogens (tertiary/aromatic N) is 1. The third-order valence-corrected chi connectivity index (χ3v) is 9.64. The molecule has 4 saturated carbocycles. The van der Waals surface area contributed by atoms with Gasteiger partial charge in [-0.05, 0) is 86.2 Å². The normalized spacial score (nSPS) is 48.4. The number of carbonyl (C=O) groups excluding carboxylic acids is 1. The summed E-state index contributed by atoms with van der Waals surface area (Å²) < 4.78 is 42.9. The Bertz CT molecular complexity index is 820. The minimum atomic E-state index is -1.62. The zero-order valence-electron chi connectivity index (χ0n) is 18.4. The van der Waals surface area contributed by atoms with Gasteiger partial charge < -0.3 is 10.2 Å². The molecule has 0 aromatic rings. The molecular formula is C24H33F3N2O2. The van der Waals surface area contributed by atoms with E-state index in [0.29, 0.717) is 19.3 Å². The fourth-order valence-corrected chi connectivity index (χ4v) is 7.71. The van der Waals surface area contributed by atoms with Crippen molar-refractivity contribution >= 4 is 11.5 Å². The van der Waals surface area contributed by atoms with Crippen LogP contribution < -0.4 is 5.32 Å². The van der Waals surface area contributed by atoms with Crippen molar-refractivity contribution < 1.29 is 22.8 Å². The lowest BCUT2D eigenvalue weighted by Gasteiger charge is -2.59. The van der Waals surface area contributed by atoms with Crippen molar-refractivity contribution in [1.29, 1.82) is 0 Å². The number of hydrogen-bond acceptors (Lipinski definition) is 4. The average Bonchev–Trinajstić information content (AvgIpc) is 3.33. The molecule has 5 rings (SSSR count). The predicted molar refractivity (Wildman–Crippen MR) is 111 cm³/mol. The summed E-state index contributed by atoms with van der Waals surface area (Å²) >= 11 is 0. The molecule has 0 amide bonds. The average molecular weight is 439 g/mol. The van der Waals surface area contributed by atoms with Crippen LogP contribution >= 0.6 is 0 Å². The van der Waals surface area contributed by atoms with Crippen molar-refractivity contribution in [2.45, 2.75) is 77.5 Å². The summed E-state index contributed by atoms with van der Waals surface area (Å²) in [5.41, 5.74) is 0.282. The van der Waals surface area contributed by atoms with Crippen molar-refractivity contribution in [3.63, 3.8) is 0 Å². The zero-order valence-corrected chi connectivity index (χ0v) is 18.4. The number of fused-ring (bicyclic) bond motifs is 5. The maximum atomic E-state index is 14.5. The van der Waals surface area contributed by atoms with Crippen molar-refractivity contribution in [2.75, 3.05) is 13.1 Å². The summed E-state index contributed by atoms with van der Waals surface area (Å²) in [4.78, 5) is 18.3. The second-order valence-corrected chi connectivity index (χ2v) is 11.0. The van der Waals surface area contributed by atoms with E-state index in [9.17, 15) is 18.0 Å². The van der Waals surface area contributed by atoms with Gasteiger partial charge >= 0.3 is 0 Å². The molecule has 5 fully saturated rings. The first-order valence-corrected chi connectivity index (χ1v) is 11.9. The van der Waals surface area contributed by atoms with Crippen LogP contribution in [0.4, 0.5) is 13.2 Å². The van der Waals surface area contributed by atoms with Crippen molar-refractivity contribution in [3.05, 3.63) is 11.7 Å². The largest absolute Gasteiger partial charge is 0.391 e. The molecule has 172 valence electrons. The lowest BCUT2D eigenvalue weighted by molar-refractivity contribution is -0.136. The smallest absolute Gasteiger partial charge is 0.269 e. The van der Waals surface area contributed by atoms with E-state index >= 15 is 0 Å². The number of nitrogens with one attached hydrogen (secondary N) is 1. The molecule has 0 bridgehead atoms. The molecule has 1 heterocycles. The number of allylic oxidation sites excluding steroid dienone is 1. The highest BCUT2D eigenvalue weighted by Gasteiger charge is 2.64. The molecular weight excluding hydrogens is 405 g/mol. The Kier molecular flexibility index (Phi) is 5.26. The Morgan fingerprint density at radius 3 is 2.68 bits per heavy atom. The highest BCUT2D eigenvalue weighted by atomic mass is 19.3. The van der Waals surface area contributed by atoms with Crippen LogP contribution in [-0.4, -0.2) is 36.9 Å². The van der Waals surface area contributed by atoms with Crippen molar-refractivity contribution in [1.82, 2.24) is 5.32 Å². The molecule has 1 N–H and O–H groups in total. The number of carbonyl (C=O) groups is 1. The number of Topliss-reactive ketones (excluding diaryl/α,β-unsaturated/α-hetero) is 1. The van der Waals surface area contributed by atoms with E-state index in [1.807, 2.05) is 6.92 Å². The van der Waals surface area contributed by atoms with Crippen LogP contribution in [-0.2, 0) is 9.63 Å². The van der Waals surface area contributed by atoms with Crippen LogP contribution in [0.15, 0.2) is 16.8 Å². The number of alkyl halides is 1. The molecule has 0 spiro atoms. The third-order valence-electron chi connectivity index (χ3n) is 9.64. The number of hydrogen-bond donors (Lipinski definition) is 1. The van der Waals surface area contributed by atoms with Gasteiger partial charge in [0.25, 0.3) is 6.08 Å². The van der Waals surface area contributed by atoms with Gasteiger partial charge in [0.2, 0.25) is 0 Å². The molecule has 5 aliphatic rings. The molecule has 0 aromatic heterocycles. The maximum Gasteiger partial charge on any atom is 0.269 e. The Labute approximate surface area is 182 Å². The second-order valence-electron chi connectivity index (χ2n) is 11.0. The number of oxime groups is 1. The van der Waals surface area contributed by atoms with Crippen LogP contribution in [0.5, 0.6) is 0 Å². The van der Waals surface area contributed by atoms with E-state index in [1.54, 1.807) is 0 Å². The third kappa shape index (κ3) is 3.28. The van der Waals surface area contributed by atoms with E-state index in [1.165, 1.54) is 0 Å². The number of halogens is 3. The summed E-state index contributed by atoms with van der Waals surface area (Å²) in [7, 11) is 0. The monoisotopic (exact) mass is 438 g/mol. The van der Waals surface area contributed by atoms with Crippen LogP contribution in [0.2, 0.25) is 0 Å². The molecule has 4 aliphatic carbocycles. The van der Waals surface area contributed by atoms with Gasteiger partial charge in [0, 0.05) is 18.4 Å². The molecule has 1 saturated heterocycles. The summed E-state index contributed by atoms with van der Waals surface area (Å²) in [6.07, 6.45) is 2.06. The van der Waals surface area contributed by atoms with Gasteiger partial charge in [0.1, 0.15) is 6.10 Å². The lowest BCUT2D eigenvalue weighted by Crippen LogP contribution is -2.54. The minimum absolute atomic E-state index is 0.0698. The molecule has 8 unspecified atom stereocenters. The Hall–Kier alpha value is -1.37. The zero-order chi connectivity index (χ0) is 22.0. The van der Waals surface area contributed by atoms with Crippen LogP contribution in [0, 0.1) is 34.5 Å². The van der Waals surface area contributed by atoms with Crippen LogP contribution in [0.3, 0.4) is 0 Å². The Morgan fingerprint density at radius 1 is 1.16 bits per heavy atom. The fraction of sp³-hybridized carbons (Fsp3) is 0.833. The molecule has 7 heteroatoms. The van der Waals surface area contributed by atoms with Crippen molar-refractivity contribution in [2.24, 2.45) is 39.7 Å². The molecule has 4 nitrogen and oxygen atoms in total. The van der Waals surface area contributed by atoms with Gasteiger partial charge in [-0.15, -0.1) is 0 Å². The highest BCUT2D eigenvalue weighted by Crippen LogP contribution is 2.67. The number of rotatable bonds is 2. The van der Waals surface area contributed by atoms with Gasteiger partial charge in [0.15, 0.2) is 12.0 Å². The summed E-state index contributed by atoms with van der Waals surface area (Å²) in [5.74, 6) is -0.894. The fourth-order valence-electron chi connectivity index (χ4n) is 7.71. The molecule has 31 heavy (non-hydrogen) atoms. The Morgan fingerprint density at radius 2 is 1.97 bits per heavy atom. The van der Waals surface area contributed by atoms with E-state index in [-0.39, 0.29) is 53.0 Å². The standard InChI is InChI=1S/C24H33F3N2O2/c1-23-6-3-14(29-31-15-5-8-28-12-15)9-13(23)10-16(22(26)27)20-17(23)4-7-24(2)18(20)11-19(25)21(24)30/h13,15,17-20,28H,3-12H2,1-2H3. The van der Waals surface area contributed by atoms with Gasteiger partial charge in [-0.1, -0.05) is 19.0 Å². The highest BCUT2D eigenvalue weighted by molar-refractivity contribution is 5.91. The summed E-state index contributed by atoms with van der Waals surface area (Å²) in [6, 6.07) is 0. The van der Waals surface area contributed by atoms with Gasteiger partial charge in [-0.2, -0.15) is 8.78 Å². The minimum Gasteiger partial charge on any atom is -0.391 e. The SMILES string of the molecule is CC12CCC3C(C(=C(F)F)CC4CC(=NOC5CCNC5)CCC43C)C1CC(F)C2=O. The van der Waals surface area contributed by atoms with Gasteiger partial charge in [-0.25, -0.2) is 4.39 Å². The first kappa shape index (κ1) is 21.5. The summed E-state index contributed by atoms with van der Waals surface area (Å²) in [6.45, 7) is 5.80. The molecule has 0 radical (unpaired) electrons. The first-order valence-electron chi connectivity index (χ1n) is 11.9. The van der Waals surface area contributed by atoms with E-state index < -0.39 is 17.7 Å². The Balaban J connectivity index is 1.42. The topological polar surface area (TPSA) is 50.7 Å². The van der Waals surface area contributed by atoms with E-state index in [0.717, 1.165) is 44.5 Å². The maximum absolute atomic E-state index is 14.5. The van der Waals surface area contributed by atoms with Gasteiger partial charge in [-0.3, -0.25) is 4.79 Å². The van der Waals surface area contributed by atoms with E-state index in [2.05, 4.69) is 17.4 Å². The van der Waals surface area contributed by atoms with Crippen LogP contribution in [0.1, 0.15) is 65.2 Å². The van der Waals surface area contributed by atoms with Crippen molar-refractivity contribution in [3.8, 4) is 0 Å². The predicted octanol–water partition coefficient (Wildman–Crippen LogP) is 5.04. The molecule has 1 aliphatic heterocycles. The number of ketones is 1. The quantitative estimate of drug-likeness (QED) is 0.615. The molecule has 0 aromatic carbocycles. The summed E-state index contributed by atoms with van der Waals surface area (Å²) in [5, 5.41) is 7.68. The first-order chi connectivity index (χ1) is 14.7.